The third-order valence-electron chi connectivity index (χ3n) is 5.91. The second-order valence-corrected chi connectivity index (χ2v) is 8.12. The maximum Gasteiger partial charge on any atom is 0.340 e. The molecule has 9 nitrogen and oxygen atoms in total. The van der Waals surface area contributed by atoms with E-state index in [1.807, 2.05) is 0 Å². The van der Waals surface area contributed by atoms with E-state index in [9.17, 15) is 14.0 Å². The minimum atomic E-state index is -0.634. The van der Waals surface area contributed by atoms with Crippen LogP contribution in [0.4, 0.5) is 10.1 Å². The van der Waals surface area contributed by atoms with Gasteiger partial charge in [0.05, 0.1) is 62.3 Å². The number of benzene rings is 3. The van der Waals surface area contributed by atoms with Crippen LogP contribution in [0.15, 0.2) is 70.5 Å². The Morgan fingerprint density at radius 1 is 0.895 bits per heavy atom. The van der Waals surface area contributed by atoms with Crippen molar-refractivity contribution in [2.75, 3.05) is 28.4 Å². The monoisotopic (exact) mass is 519 g/mol. The molecule has 0 aliphatic rings. The predicted molar refractivity (Wildman–Crippen MR) is 141 cm³/mol. The zero-order valence-electron chi connectivity index (χ0n) is 21.5. The van der Waals surface area contributed by atoms with Gasteiger partial charge in [-0.05, 0) is 55.5 Å². The summed E-state index contributed by atoms with van der Waals surface area (Å²) in [4.78, 5) is 30.9. The van der Waals surface area contributed by atoms with Gasteiger partial charge >= 0.3 is 5.97 Å². The summed E-state index contributed by atoms with van der Waals surface area (Å²) in [5.41, 5.74) is 2.11. The fourth-order valence-corrected chi connectivity index (χ4v) is 3.98. The number of hydrogen-bond acceptors (Lipinski definition) is 7. The fraction of sp³-hybridized carbons (Fsp3) is 0.179. The first kappa shape index (κ1) is 26.2. The molecule has 0 amide bonds. The SMILES string of the molecule is COC(=O)c1cc(OC)c(OC)cc1N=C(C)c1c(-c2ccc(OC)cc2)[nH]n(-c2ccc(F)cc2)c1=O. The van der Waals surface area contributed by atoms with Crippen LogP contribution in [0.3, 0.4) is 0 Å². The van der Waals surface area contributed by atoms with Gasteiger partial charge in [0.25, 0.3) is 5.56 Å². The molecule has 38 heavy (non-hydrogen) atoms. The Morgan fingerprint density at radius 2 is 1.53 bits per heavy atom. The van der Waals surface area contributed by atoms with Crippen LogP contribution in [0.2, 0.25) is 0 Å². The Morgan fingerprint density at radius 3 is 2.11 bits per heavy atom. The molecule has 4 aromatic rings. The molecule has 196 valence electrons. The summed E-state index contributed by atoms with van der Waals surface area (Å²) in [6.07, 6.45) is 0. The number of carbonyl (C=O) groups is 1. The first-order valence-electron chi connectivity index (χ1n) is 11.5. The number of aliphatic imine (C=N–C) groups is 1. The van der Waals surface area contributed by atoms with Gasteiger partial charge in [-0.1, -0.05) is 0 Å². The molecular weight excluding hydrogens is 493 g/mol. The summed E-state index contributed by atoms with van der Waals surface area (Å²) in [7, 11) is 5.73. The van der Waals surface area contributed by atoms with Crippen molar-refractivity contribution in [3.05, 3.63) is 88.0 Å². The number of hydrogen-bond donors (Lipinski definition) is 1. The van der Waals surface area contributed by atoms with E-state index < -0.39 is 17.3 Å². The maximum absolute atomic E-state index is 13.7. The Bertz CT molecular complexity index is 1550. The van der Waals surface area contributed by atoms with Crippen LogP contribution >= 0.6 is 0 Å². The lowest BCUT2D eigenvalue weighted by atomic mass is 10.0. The summed E-state index contributed by atoms with van der Waals surface area (Å²) in [5, 5.41) is 3.12. The van der Waals surface area contributed by atoms with Crippen molar-refractivity contribution in [3.8, 4) is 34.2 Å². The van der Waals surface area contributed by atoms with Crippen LogP contribution in [0, 0.1) is 5.82 Å². The van der Waals surface area contributed by atoms with E-state index in [0.29, 0.717) is 39.9 Å². The van der Waals surface area contributed by atoms with Crippen molar-refractivity contribution in [2.45, 2.75) is 6.92 Å². The van der Waals surface area contributed by atoms with Gasteiger partial charge in [0, 0.05) is 17.7 Å². The van der Waals surface area contributed by atoms with E-state index in [0.717, 1.165) is 0 Å². The van der Waals surface area contributed by atoms with Gasteiger partial charge in [0.2, 0.25) is 0 Å². The molecule has 0 aliphatic carbocycles. The van der Waals surface area contributed by atoms with Crippen molar-refractivity contribution in [2.24, 2.45) is 4.99 Å². The number of aromatic nitrogens is 2. The van der Waals surface area contributed by atoms with Crippen LogP contribution in [-0.4, -0.2) is 49.9 Å². The van der Waals surface area contributed by atoms with Crippen LogP contribution in [0.25, 0.3) is 16.9 Å². The average Bonchev–Trinajstić information content (AvgIpc) is 3.29. The molecule has 10 heteroatoms. The fourth-order valence-electron chi connectivity index (χ4n) is 3.98. The second kappa shape index (κ2) is 11.0. The summed E-state index contributed by atoms with van der Waals surface area (Å²) < 4.78 is 35.7. The van der Waals surface area contributed by atoms with E-state index in [-0.39, 0.29) is 16.8 Å². The van der Waals surface area contributed by atoms with Gasteiger partial charge in [-0.2, -0.15) is 0 Å². The lowest BCUT2D eigenvalue weighted by molar-refractivity contribution is 0.0601. The number of nitrogens with zero attached hydrogens (tertiary/aromatic N) is 2. The zero-order valence-corrected chi connectivity index (χ0v) is 21.5. The van der Waals surface area contributed by atoms with Gasteiger partial charge < -0.3 is 18.9 Å². The van der Waals surface area contributed by atoms with Gasteiger partial charge in [0.15, 0.2) is 11.5 Å². The van der Waals surface area contributed by atoms with Gasteiger partial charge in [0.1, 0.15) is 11.6 Å². The van der Waals surface area contributed by atoms with Crippen molar-refractivity contribution in [1.82, 2.24) is 9.78 Å². The maximum atomic E-state index is 13.7. The van der Waals surface area contributed by atoms with Gasteiger partial charge in [-0.3, -0.25) is 14.9 Å². The number of nitrogens with one attached hydrogen (secondary N) is 1. The Labute approximate surface area is 218 Å². The highest BCUT2D eigenvalue weighted by Crippen LogP contribution is 2.36. The number of H-pyrrole nitrogens is 1. The molecule has 1 aromatic heterocycles. The van der Waals surface area contributed by atoms with Crippen molar-refractivity contribution >= 4 is 17.4 Å². The topological polar surface area (TPSA) is 104 Å². The van der Waals surface area contributed by atoms with E-state index in [4.69, 9.17) is 18.9 Å². The number of halogens is 1. The minimum absolute atomic E-state index is 0.130. The first-order valence-corrected chi connectivity index (χ1v) is 11.5. The predicted octanol–water partition coefficient (Wildman–Crippen LogP) is 4.92. The molecule has 0 unspecified atom stereocenters. The second-order valence-electron chi connectivity index (χ2n) is 8.12. The van der Waals surface area contributed by atoms with Crippen molar-refractivity contribution in [1.29, 1.82) is 0 Å². The number of rotatable bonds is 8. The minimum Gasteiger partial charge on any atom is -0.497 e. The molecule has 0 atom stereocenters. The molecule has 0 spiro atoms. The van der Waals surface area contributed by atoms with E-state index >= 15 is 0 Å². The molecular formula is C28H26FN3O6. The molecule has 0 saturated heterocycles. The Hall–Kier alpha value is -4.86. The molecule has 0 bridgehead atoms. The zero-order chi connectivity index (χ0) is 27.4. The largest absolute Gasteiger partial charge is 0.497 e. The standard InChI is InChI=1S/C28H26FN3O6/c1-16(30-22-15-24(37-4)23(36-3)14-21(22)28(34)38-5)25-26(17-6-12-20(35-2)13-7-17)31-32(27(25)33)19-10-8-18(29)9-11-19/h6-15,31H,1-5H3. The lowest BCUT2D eigenvalue weighted by Crippen LogP contribution is -2.19. The molecule has 0 saturated carbocycles. The summed E-state index contributed by atoms with van der Waals surface area (Å²) >= 11 is 0. The number of esters is 1. The molecule has 3 aromatic carbocycles. The summed E-state index contributed by atoms with van der Waals surface area (Å²) in [6, 6.07) is 15.6. The lowest BCUT2D eigenvalue weighted by Gasteiger charge is -2.12. The van der Waals surface area contributed by atoms with Gasteiger partial charge in [-0.25, -0.2) is 13.9 Å². The highest BCUT2D eigenvalue weighted by molar-refractivity contribution is 6.06. The number of ether oxygens (including phenoxy) is 4. The first-order chi connectivity index (χ1) is 18.3. The quantitative estimate of drug-likeness (QED) is 0.262. The Balaban J connectivity index is 1.95. The van der Waals surface area contributed by atoms with E-state index in [2.05, 4.69) is 10.1 Å². The highest BCUT2D eigenvalue weighted by atomic mass is 19.1. The average molecular weight is 520 g/mol. The van der Waals surface area contributed by atoms with Crippen molar-refractivity contribution in [3.63, 3.8) is 0 Å². The smallest absolute Gasteiger partial charge is 0.340 e. The molecule has 0 aliphatic heterocycles. The normalized spacial score (nSPS) is 11.3. The molecule has 1 N–H and O–H groups in total. The van der Waals surface area contributed by atoms with Crippen molar-refractivity contribution < 1.29 is 28.1 Å². The molecule has 4 rings (SSSR count). The van der Waals surface area contributed by atoms with E-state index in [1.165, 1.54) is 62.4 Å². The van der Waals surface area contributed by atoms with E-state index in [1.54, 1.807) is 38.3 Å². The number of methoxy groups -OCH3 is 4. The molecule has 0 fully saturated rings. The van der Waals surface area contributed by atoms with Crippen LogP contribution in [-0.2, 0) is 4.74 Å². The highest BCUT2D eigenvalue weighted by Gasteiger charge is 2.22. The number of carbonyl (C=O) groups excluding carboxylic acids is 1. The van der Waals surface area contributed by atoms with Crippen LogP contribution in [0.1, 0.15) is 22.8 Å². The van der Waals surface area contributed by atoms with Crippen LogP contribution in [0.5, 0.6) is 17.2 Å². The molecule has 1 heterocycles. The van der Waals surface area contributed by atoms with Crippen LogP contribution < -0.4 is 19.8 Å². The van der Waals surface area contributed by atoms with Gasteiger partial charge in [-0.15, -0.1) is 0 Å². The molecule has 0 radical (unpaired) electrons. The third kappa shape index (κ3) is 5.01. The summed E-state index contributed by atoms with van der Waals surface area (Å²) in [5.74, 6) is 0.258. The number of aromatic amines is 1. The Kier molecular flexibility index (Phi) is 7.61. The summed E-state index contributed by atoms with van der Waals surface area (Å²) in [6.45, 7) is 1.66. The third-order valence-corrected chi connectivity index (χ3v) is 5.91.